The first-order valence-electron chi connectivity index (χ1n) is 8.45. The summed E-state index contributed by atoms with van der Waals surface area (Å²) in [6.45, 7) is 2.23. The van der Waals surface area contributed by atoms with Crippen molar-refractivity contribution in [2.24, 2.45) is 11.8 Å². The number of nitrogens with one attached hydrogen (secondary N) is 1. The number of rotatable bonds is 6. The Labute approximate surface area is 152 Å². The van der Waals surface area contributed by atoms with E-state index < -0.39 is 21.9 Å². The Bertz CT molecular complexity index is 834. The molecule has 2 fully saturated rings. The van der Waals surface area contributed by atoms with Gasteiger partial charge in [0, 0.05) is 24.7 Å². The number of nitrogens with zero attached hydrogens (tertiary/aromatic N) is 1. The third-order valence-electron chi connectivity index (χ3n) is 4.82. The van der Waals surface area contributed by atoms with Crippen LogP contribution in [-0.4, -0.2) is 56.5 Å². The Morgan fingerprint density at radius 2 is 1.96 bits per heavy atom. The molecular weight excluding hydrogens is 360 g/mol. The molecule has 0 bridgehead atoms. The first-order chi connectivity index (χ1) is 12.2. The number of methoxy groups -OCH3 is 1. The van der Waals surface area contributed by atoms with Crippen molar-refractivity contribution >= 4 is 21.9 Å². The first-order valence-corrected chi connectivity index (χ1v) is 9.93. The second-order valence-electron chi connectivity index (χ2n) is 6.89. The summed E-state index contributed by atoms with van der Waals surface area (Å²) in [6.07, 6.45) is 1.59. The average molecular weight is 382 g/mol. The van der Waals surface area contributed by atoms with Gasteiger partial charge in [-0.2, -0.15) is 0 Å². The molecule has 1 aliphatic heterocycles. The molecule has 142 valence electrons. The van der Waals surface area contributed by atoms with Crippen LogP contribution >= 0.6 is 0 Å². The predicted molar refractivity (Wildman–Crippen MR) is 92.5 cm³/mol. The summed E-state index contributed by atoms with van der Waals surface area (Å²) in [7, 11) is -2.43. The molecule has 2 aliphatic rings. The summed E-state index contributed by atoms with van der Waals surface area (Å²) < 4.78 is 32.8. The molecule has 1 amide bonds. The average Bonchev–Trinajstić information content (AvgIpc) is 3.30. The fourth-order valence-electron chi connectivity index (χ4n) is 3.14. The van der Waals surface area contributed by atoms with E-state index >= 15 is 0 Å². The van der Waals surface area contributed by atoms with Crippen molar-refractivity contribution < 1.29 is 27.9 Å². The lowest BCUT2D eigenvalue weighted by Gasteiger charge is -2.17. The molecule has 9 heteroatoms. The number of likely N-dealkylation sites (tertiary alicyclic amines) is 1. The standard InChI is InChI=1S/C17H22N2O6S/c1-10-8-19(9-13(10)17(21)22)16(20)11-3-6-14(25-2)15(7-11)26(23,24)18-12-4-5-12/h3,6-7,10,12-13,18H,4-5,8-9H2,1-2H3,(H,21,22)/t10-,13-/m1/s1. The second kappa shape index (κ2) is 6.88. The molecule has 3 rings (SSSR count). The van der Waals surface area contributed by atoms with E-state index in [9.17, 15) is 23.1 Å². The normalized spacial score (nSPS) is 23.1. The Morgan fingerprint density at radius 1 is 1.27 bits per heavy atom. The monoisotopic (exact) mass is 382 g/mol. The minimum atomic E-state index is -3.79. The molecule has 1 saturated carbocycles. The van der Waals surface area contributed by atoms with Crippen LogP contribution in [0.15, 0.2) is 23.1 Å². The van der Waals surface area contributed by atoms with E-state index in [1.165, 1.54) is 30.2 Å². The lowest BCUT2D eigenvalue weighted by atomic mass is 9.99. The SMILES string of the molecule is COc1ccc(C(=O)N2C[C@@H](C)[C@H](C(=O)O)C2)cc1S(=O)(=O)NC1CC1. The number of hydrogen-bond donors (Lipinski definition) is 2. The number of carbonyl (C=O) groups is 2. The zero-order chi connectivity index (χ0) is 19.1. The maximum Gasteiger partial charge on any atom is 0.308 e. The molecule has 1 aromatic carbocycles. The highest BCUT2D eigenvalue weighted by Gasteiger charge is 2.38. The topological polar surface area (TPSA) is 113 Å². The van der Waals surface area contributed by atoms with Crippen LogP contribution in [0.2, 0.25) is 0 Å². The summed E-state index contributed by atoms with van der Waals surface area (Å²) in [6, 6.07) is 4.17. The van der Waals surface area contributed by atoms with E-state index in [0.29, 0.717) is 6.54 Å². The number of amides is 1. The van der Waals surface area contributed by atoms with Crippen molar-refractivity contribution in [3.8, 4) is 5.75 Å². The summed E-state index contributed by atoms with van der Waals surface area (Å²) in [5.74, 6) is -1.93. The molecule has 2 atom stereocenters. The van der Waals surface area contributed by atoms with E-state index in [0.717, 1.165) is 12.8 Å². The molecule has 1 aromatic rings. The highest BCUT2D eigenvalue weighted by atomic mass is 32.2. The van der Waals surface area contributed by atoms with E-state index in [1.54, 1.807) is 6.92 Å². The third kappa shape index (κ3) is 3.68. The maximum atomic E-state index is 12.8. The van der Waals surface area contributed by atoms with E-state index in [4.69, 9.17) is 4.74 Å². The lowest BCUT2D eigenvalue weighted by Crippen LogP contribution is -2.30. The van der Waals surface area contributed by atoms with Crippen LogP contribution in [0.3, 0.4) is 0 Å². The number of hydrogen-bond acceptors (Lipinski definition) is 5. The molecule has 1 saturated heterocycles. The molecule has 0 aromatic heterocycles. The fourth-order valence-corrected chi connectivity index (χ4v) is 4.64. The molecule has 1 aliphatic carbocycles. The second-order valence-corrected chi connectivity index (χ2v) is 8.58. The summed E-state index contributed by atoms with van der Waals surface area (Å²) in [5.41, 5.74) is 0.195. The number of ether oxygens (including phenoxy) is 1. The van der Waals surface area contributed by atoms with E-state index in [2.05, 4.69) is 4.72 Å². The van der Waals surface area contributed by atoms with Crippen LogP contribution in [0.4, 0.5) is 0 Å². The van der Waals surface area contributed by atoms with Gasteiger partial charge in [0.05, 0.1) is 13.0 Å². The van der Waals surface area contributed by atoms with Gasteiger partial charge in [-0.3, -0.25) is 9.59 Å². The Morgan fingerprint density at radius 3 is 2.50 bits per heavy atom. The van der Waals surface area contributed by atoms with Gasteiger partial charge >= 0.3 is 5.97 Å². The van der Waals surface area contributed by atoms with Crippen LogP contribution in [0.1, 0.15) is 30.1 Å². The molecule has 0 radical (unpaired) electrons. The van der Waals surface area contributed by atoms with E-state index in [1.807, 2.05) is 0 Å². The van der Waals surface area contributed by atoms with Crippen LogP contribution in [0.25, 0.3) is 0 Å². The Kier molecular flexibility index (Phi) is 4.94. The fraction of sp³-hybridized carbons (Fsp3) is 0.529. The zero-order valence-electron chi connectivity index (χ0n) is 14.6. The van der Waals surface area contributed by atoms with Gasteiger partial charge in [0.2, 0.25) is 10.0 Å². The molecule has 0 unspecified atom stereocenters. The predicted octanol–water partition coefficient (Wildman–Crippen LogP) is 0.929. The van der Waals surface area contributed by atoms with Crippen LogP contribution < -0.4 is 9.46 Å². The third-order valence-corrected chi connectivity index (χ3v) is 6.36. The van der Waals surface area contributed by atoms with Crippen molar-refractivity contribution in [3.05, 3.63) is 23.8 Å². The smallest absolute Gasteiger partial charge is 0.308 e. The minimum Gasteiger partial charge on any atom is -0.495 e. The number of aliphatic carboxylic acids is 1. The van der Waals surface area contributed by atoms with Crippen LogP contribution in [0.5, 0.6) is 5.75 Å². The van der Waals surface area contributed by atoms with Crippen molar-refractivity contribution in [3.63, 3.8) is 0 Å². The van der Waals surface area contributed by atoms with Gasteiger partial charge in [0.25, 0.3) is 5.91 Å². The first kappa shape index (κ1) is 18.7. The number of carbonyl (C=O) groups excluding carboxylic acids is 1. The minimum absolute atomic E-state index is 0.0696. The number of benzene rings is 1. The van der Waals surface area contributed by atoms with Gasteiger partial charge in [0.1, 0.15) is 10.6 Å². The number of carboxylic acid groups (broad SMARTS) is 1. The van der Waals surface area contributed by atoms with E-state index in [-0.39, 0.29) is 40.6 Å². The van der Waals surface area contributed by atoms with Crippen LogP contribution in [0, 0.1) is 11.8 Å². The van der Waals surface area contributed by atoms with Crippen molar-refractivity contribution in [1.29, 1.82) is 0 Å². The van der Waals surface area contributed by atoms with Gasteiger partial charge in [0.15, 0.2) is 0 Å². The maximum absolute atomic E-state index is 12.8. The summed E-state index contributed by atoms with van der Waals surface area (Å²) in [5, 5.41) is 9.22. The zero-order valence-corrected chi connectivity index (χ0v) is 15.5. The van der Waals surface area contributed by atoms with Crippen molar-refractivity contribution in [2.75, 3.05) is 20.2 Å². The molecule has 2 N–H and O–H groups in total. The Balaban J connectivity index is 1.88. The highest BCUT2D eigenvalue weighted by Crippen LogP contribution is 2.30. The van der Waals surface area contributed by atoms with Gasteiger partial charge < -0.3 is 14.7 Å². The molecule has 0 spiro atoms. The largest absolute Gasteiger partial charge is 0.495 e. The van der Waals surface area contributed by atoms with Crippen molar-refractivity contribution in [1.82, 2.24) is 9.62 Å². The van der Waals surface area contributed by atoms with Gasteiger partial charge in [-0.05, 0) is 37.0 Å². The summed E-state index contributed by atoms with van der Waals surface area (Å²) >= 11 is 0. The molecule has 1 heterocycles. The molecule has 26 heavy (non-hydrogen) atoms. The van der Waals surface area contributed by atoms with Crippen molar-refractivity contribution in [2.45, 2.75) is 30.7 Å². The van der Waals surface area contributed by atoms with Crippen LogP contribution in [-0.2, 0) is 14.8 Å². The molecular formula is C17H22N2O6S. The lowest BCUT2D eigenvalue weighted by molar-refractivity contribution is -0.142. The molecule has 8 nitrogen and oxygen atoms in total. The van der Waals surface area contributed by atoms with Gasteiger partial charge in [-0.1, -0.05) is 6.92 Å². The number of sulfonamides is 1. The Hall–Kier alpha value is -2.13. The highest BCUT2D eigenvalue weighted by molar-refractivity contribution is 7.89. The number of carboxylic acids is 1. The van der Waals surface area contributed by atoms with Gasteiger partial charge in [-0.15, -0.1) is 0 Å². The van der Waals surface area contributed by atoms with Gasteiger partial charge in [-0.25, -0.2) is 13.1 Å². The summed E-state index contributed by atoms with van der Waals surface area (Å²) in [4.78, 5) is 25.4. The quantitative estimate of drug-likeness (QED) is 0.757.